The number of nitrogens with zero attached hydrogens (tertiary/aromatic N) is 2. The predicted octanol–water partition coefficient (Wildman–Crippen LogP) is 0.855. The summed E-state index contributed by atoms with van der Waals surface area (Å²) in [5.41, 5.74) is 1.93. The maximum Gasteiger partial charge on any atom is 0.145 e. The van der Waals surface area contributed by atoms with Crippen molar-refractivity contribution in [2.75, 3.05) is 19.8 Å². The highest BCUT2D eigenvalue weighted by molar-refractivity contribution is 5.84. The Morgan fingerprint density at radius 2 is 2.37 bits per heavy atom. The van der Waals surface area contributed by atoms with E-state index < -0.39 is 0 Å². The number of Topliss-reactive ketones (excluding diaryl/α,β-unsaturated/α-hetero) is 1. The first-order valence-corrected chi connectivity index (χ1v) is 6.95. The third-order valence-corrected chi connectivity index (χ3v) is 3.60. The van der Waals surface area contributed by atoms with Gasteiger partial charge in [-0.1, -0.05) is 6.92 Å². The number of aryl methyl sites for hydroxylation is 2. The minimum Gasteiger partial charge on any atom is -0.379 e. The second-order valence-corrected chi connectivity index (χ2v) is 5.25. The summed E-state index contributed by atoms with van der Waals surface area (Å²) in [6.07, 6.45) is 1.51. The molecule has 5 nitrogen and oxygen atoms in total. The lowest BCUT2D eigenvalue weighted by molar-refractivity contribution is -0.122. The van der Waals surface area contributed by atoms with Gasteiger partial charge in [0.1, 0.15) is 5.78 Å². The summed E-state index contributed by atoms with van der Waals surface area (Å²) in [6.45, 7) is 6.18. The van der Waals surface area contributed by atoms with Crippen LogP contribution in [-0.2, 0) is 23.0 Å². The van der Waals surface area contributed by atoms with Crippen LogP contribution in [0.4, 0.5) is 0 Å². The Kier molecular flexibility index (Phi) is 4.71. The third-order valence-electron chi connectivity index (χ3n) is 3.60. The molecule has 0 bridgehead atoms. The fourth-order valence-electron chi connectivity index (χ4n) is 2.54. The average molecular weight is 265 g/mol. The molecule has 1 fully saturated rings. The van der Waals surface area contributed by atoms with Gasteiger partial charge in [-0.15, -0.1) is 0 Å². The summed E-state index contributed by atoms with van der Waals surface area (Å²) in [5, 5.41) is 7.68. The van der Waals surface area contributed by atoms with E-state index in [9.17, 15) is 4.79 Å². The van der Waals surface area contributed by atoms with Gasteiger partial charge in [0.2, 0.25) is 0 Å². The lowest BCUT2D eigenvalue weighted by Crippen LogP contribution is -2.40. The summed E-state index contributed by atoms with van der Waals surface area (Å²) < 4.78 is 7.24. The molecular weight excluding hydrogens is 242 g/mol. The van der Waals surface area contributed by atoms with Crippen molar-refractivity contribution in [2.24, 2.45) is 13.0 Å². The molecular formula is C14H23N3O2. The van der Waals surface area contributed by atoms with Gasteiger partial charge in [-0.05, 0) is 26.0 Å². The molecule has 2 heterocycles. The van der Waals surface area contributed by atoms with E-state index in [0.29, 0.717) is 19.6 Å². The van der Waals surface area contributed by atoms with Crippen molar-refractivity contribution >= 4 is 5.78 Å². The molecule has 0 aliphatic carbocycles. The molecule has 0 saturated carbocycles. The maximum absolute atomic E-state index is 12.4. The first-order chi connectivity index (χ1) is 9.11. The van der Waals surface area contributed by atoms with Gasteiger partial charge in [0.25, 0.3) is 0 Å². The Balaban J connectivity index is 1.97. The van der Waals surface area contributed by atoms with Gasteiger partial charge in [-0.3, -0.25) is 9.48 Å². The molecule has 1 aliphatic heterocycles. The Bertz CT molecular complexity index is 442. The molecule has 2 atom stereocenters. The van der Waals surface area contributed by atoms with Gasteiger partial charge in [-0.2, -0.15) is 5.10 Å². The van der Waals surface area contributed by atoms with E-state index in [1.165, 1.54) is 0 Å². The number of hydrogen-bond acceptors (Lipinski definition) is 4. The molecule has 5 heteroatoms. The van der Waals surface area contributed by atoms with Crippen LogP contribution in [-0.4, -0.2) is 41.4 Å². The van der Waals surface area contributed by atoms with Gasteiger partial charge in [-0.25, -0.2) is 0 Å². The quantitative estimate of drug-likeness (QED) is 0.828. The maximum atomic E-state index is 12.4. The molecule has 2 rings (SSSR count). The van der Waals surface area contributed by atoms with Crippen molar-refractivity contribution < 1.29 is 9.53 Å². The molecule has 2 unspecified atom stereocenters. The molecule has 106 valence electrons. The van der Waals surface area contributed by atoms with Gasteiger partial charge >= 0.3 is 0 Å². The van der Waals surface area contributed by atoms with E-state index in [-0.39, 0.29) is 17.7 Å². The van der Waals surface area contributed by atoms with Crippen molar-refractivity contribution in [1.29, 1.82) is 0 Å². The highest BCUT2D eigenvalue weighted by atomic mass is 16.5. The summed E-state index contributed by atoms with van der Waals surface area (Å²) >= 11 is 0. The number of nitrogens with one attached hydrogen (secondary N) is 1. The molecule has 0 radical (unpaired) electrons. The number of rotatable bonds is 6. The summed E-state index contributed by atoms with van der Waals surface area (Å²) in [4.78, 5) is 12.4. The topological polar surface area (TPSA) is 56.1 Å². The standard InChI is InChI=1S/C14H23N3O2/c1-4-5-15-13-9-19-8-12(13)14(18)7-11-6-10(2)16-17(11)3/h6,12-13,15H,4-5,7-9H2,1-3H3. The first kappa shape index (κ1) is 14.2. The van der Waals surface area contributed by atoms with E-state index in [1.54, 1.807) is 4.68 Å². The van der Waals surface area contributed by atoms with Gasteiger partial charge in [0, 0.05) is 25.2 Å². The van der Waals surface area contributed by atoms with E-state index in [0.717, 1.165) is 24.4 Å². The normalized spacial score (nSPS) is 22.9. The predicted molar refractivity (Wildman–Crippen MR) is 73.0 cm³/mol. The van der Waals surface area contributed by atoms with Crippen LogP contribution < -0.4 is 5.32 Å². The monoisotopic (exact) mass is 265 g/mol. The highest BCUT2D eigenvalue weighted by Crippen LogP contribution is 2.17. The lowest BCUT2D eigenvalue weighted by Gasteiger charge is -2.17. The second kappa shape index (κ2) is 6.30. The Labute approximate surface area is 114 Å². The average Bonchev–Trinajstić information content (AvgIpc) is 2.94. The molecule has 1 saturated heterocycles. The van der Waals surface area contributed by atoms with Crippen LogP contribution in [0.5, 0.6) is 0 Å². The Morgan fingerprint density at radius 3 is 3.00 bits per heavy atom. The van der Waals surface area contributed by atoms with Crippen LogP contribution in [0.1, 0.15) is 24.7 Å². The van der Waals surface area contributed by atoms with Crippen molar-refractivity contribution in [1.82, 2.24) is 15.1 Å². The summed E-state index contributed by atoms with van der Waals surface area (Å²) in [6, 6.07) is 2.14. The molecule has 0 spiro atoms. The zero-order valence-corrected chi connectivity index (χ0v) is 12.0. The summed E-state index contributed by atoms with van der Waals surface area (Å²) in [7, 11) is 1.88. The minimum atomic E-state index is -0.0262. The van der Waals surface area contributed by atoms with Crippen molar-refractivity contribution in [3.8, 4) is 0 Å². The van der Waals surface area contributed by atoms with Crippen molar-refractivity contribution in [3.63, 3.8) is 0 Å². The highest BCUT2D eigenvalue weighted by Gasteiger charge is 2.33. The fraction of sp³-hybridized carbons (Fsp3) is 0.714. The molecule has 0 aromatic carbocycles. The number of carbonyl (C=O) groups is 1. The van der Waals surface area contributed by atoms with Gasteiger partial charge in [0.05, 0.1) is 24.8 Å². The molecule has 1 aromatic rings. The Morgan fingerprint density at radius 1 is 1.58 bits per heavy atom. The third kappa shape index (κ3) is 3.42. The molecule has 1 N–H and O–H groups in total. The van der Waals surface area contributed by atoms with E-state index in [4.69, 9.17) is 4.74 Å². The Hall–Kier alpha value is -1.20. The first-order valence-electron chi connectivity index (χ1n) is 6.95. The SMILES string of the molecule is CCCNC1COCC1C(=O)Cc1cc(C)nn1C. The van der Waals surface area contributed by atoms with Crippen LogP contribution in [0.25, 0.3) is 0 Å². The van der Waals surface area contributed by atoms with E-state index in [2.05, 4.69) is 17.3 Å². The second-order valence-electron chi connectivity index (χ2n) is 5.25. The van der Waals surface area contributed by atoms with E-state index in [1.807, 2.05) is 20.0 Å². The van der Waals surface area contributed by atoms with Gasteiger partial charge < -0.3 is 10.1 Å². The van der Waals surface area contributed by atoms with Crippen molar-refractivity contribution in [2.45, 2.75) is 32.7 Å². The number of ether oxygens (including phenoxy) is 1. The van der Waals surface area contributed by atoms with Crippen LogP contribution in [0, 0.1) is 12.8 Å². The van der Waals surface area contributed by atoms with Crippen LogP contribution in [0.3, 0.4) is 0 Å². The number of carbonyl (C=O) groups excluding carboxylic acids is 1. The minimum absolute atomic E-state index is 0.0262. The molecule has 0 amide bonds. The van der Waals surface area contributed by atoms with Crippen LogP contribution in [0.15, 0.2) is 6.07 Å². The molecule has 19 heavy (non-hydrogen) atoms. The number of hydrogen-bond donors (Lipinski definition) is 1. The molecule has 1 aromatic heterocycles. The number of aromatic nitrogens is 2. The van der Waals surface area contributed by atoms with Crippen LogP contribution >= 0.6 is 0 Å². The fourth-order valence-corrected chi connectivity index (χ4v) is 2.54. The van der Waals surface area contributed by atoms with Gasteiger partial charge in [0.15, 0.2) is 0 Å². The van der Waals surface area contributed by atoms with E-state index >= 15 is 0 Å². The number of ketones is 1. The molecule has 1 aliphatic rings. The lowest BCUT2D eigenvalue weighted by atomic mass is 9.95. The summed E-state index contributed by atoms with van der Waals surface area (Å²) in [5.74, 6) is 0.218. The zero-order chi connectivity index (χ0) is 13.8. The smallest absolute Gasteiger partial charge is 0.145 e. The largest absolute Gasteiger partial charge is 0.379 e. The van der Waals surface area contributed by atoms with Crippen LogP contribution in [0.2, 0.25) is 0 Å². The zero-order valence-electron chi connectivity index (χ0n) is 12.0. The van der Waals surface area contributed by atoms with Crippen molar-refractivity contribution in [3.05, 3.63) is 17.5 Å².